The largest absolute Gasteiger partial charge is 0.382 e. The molecule has 7 nitrogen and oxygen atoms in total. The number of hydrogen-bond donors (Lipinski definition) is 3. The van der Waals surface area contributed by atoms with Crippen molar-refractivity contribution < 1.29 is 4.79 Å². The van der Waals surface area contributed by atoms with Crippen LogP contribution in [0.5, 0.6) is 0 Å². The maximum atomic E-state index is 11.6. The number of rotatable bonds is 3. The van der Waals surface area contributed by atoms with Crippen molar-refractivity contribution in [1.82, 2.24) is 15.3 Å². The van der Waals surface area contributed by atoms with E-state index >= 15 is 0 Å². The Hall–Kier alpha value is -2.15. The van der Waals surface area contributed by atoms with Crippen LogP contribution < -0.4 is 16.8 Å². The minimum Gasteiger partial charge on any atom is -0.382 e. The highest BCUT2D eigenvalue weighted by Crippen LogP contribution is 2.16. The summed E-state index contributed by atoms with van der Waals surface area (Å²) in [6.45, 7) is 1.75. The molecule has 0 atom stereocenters. The highest BCUT2D eigenvalue weighted by Gasteiger charge is 2.14. The Morgan fingerprint density at radius 3 is 2.76 bits per heavy atom. The number of aromatic nitrogens is 2. The fraction of sp³-hybridized carbons (Fsp3) is 0.111. The van der Waals surface area contributed by atoms with E-state index in [0.717, 1.165) is 0 Å². The molecule has 5 N–H and O–H groups in total. The molecule has 0 radical (unpaired) electrons. The van der Waals surface area contributed by atoms with Gasteiger partial charge in [0.15, 0.2) is 22.5 Å². The molecule has 1 aromatic heterocycles. The molecule has 1 aromatic rings. The van der Waals surface area contributed by atoms with E-state index in [-0.39, 0.29) is 22.5 Å². The first-order valence-electron chi connectivity index (χ1n) is 4.58. The number of aliphatic imine (C=N–C) groups is 1. The number of carbonyl (C=O) groups excluding carboxylic acids is 1. The first kappa shape index (κ1) is 12.9. The number of halogens is 1. The van der Waals surface area contributed by atoms with Crippen LogP contribution in [-0.2, 0) is 0 Å². The van der Waals surface area contributed by atoms with E-state index in [9.17, 15) is 4.79 Å². The topological polar surface area (TPSA) is 119 Å². The third kappa shape index (κ3) is 3.42. The van der Waals surface area contributed by atoms with Gasteiger partial charge >= 0.3 is 0 Å². The molecular weight excluding hydrogens is 244 g/mol. The number of amides is 1. The maximum absolute atomic E-state index is 11.6. The van der Waals surface area contributed by atoms with E-state index in [1.165, 1.54) is 12.4 Å². The second kappa shape index (κ2) is 5.80. The zero-order valence-corrected chi connectivity index (χ0v) is 9.77. The lowest BCUT2D eigenvalue weighted by atomic mass is 10.4. The third-order valence-corrected chi connectivity index (χ3v) is 1.92. The first-order valence-corrected chi connectivity index (χ1v) is 4.96. The van der Waals surface area contributed by atoms with Gasteiger partial charge in [-0.05, 0) is 6.92 Å². The summed E-state index contributed by atoms with van der Waals surface area (Å²) in [6.07, 6.45) is 4.31. The van der Waals surface area contributed by atoms with Gasteiger partial charge in [-0.25, -0.2) is 9.97 Å². The van der Waals surface area contributed by atoms with Crippen molar-refractivity contribution in [3.05, 3.63) is 23.2 Å². The van der Waals surface area contributed by atoms with E-state index in [1.54, 1.807) is 13.1 Å². The van der Waals surface area contributed by atoms with Gasteiger partial charge in [-0.1, -0.05) is 11.6 Å². The van der Waals surface area contributed by atoms with Gasteiger partial charge in [0.25, 0.3) is 5.91 Å². The minimum atomic E-state index is -0.542. The van der Waals surface area contributed by atoms with Gasteiger partial charge in [0.2, 0.25) is 0 Å². The smallest absolute Gasteiger partial charge is 0.277 e. The number of hydrogen-bond acceptors (Lipinski definition) is 6. The number of nitrogens with two attached hydrogens (primary N) is 2. The van der Waals surface area contributed by atoms with Gasteiger partial charge in [-0.15, -0.1) is 0 Å². The van der Waals surface area contributed by atoms with Crippen molar-refractivity contribution >= 4 is 35.4 Å². The summed E-state index contributed by atoms with van der Waals surface area (Å²) < 4.78 is 0. The predicted molar refractivity (Wildman–Crippen MR) is 66.6 cm³/mol. The highest BCUT2D eigenvalue weighted by molar-refractivity contribution is 6.31. The average molecular weight is 255 g/mol. The molecule has 1 amide bonds. The first-order chi connectivity index (χ1) is 8.06. The molecule has 0 spiro atoms. The monoisotopic (exact) mass is 254 g/mol. The third-order valence-electron chi connectivity index (χ3n) is 1.64. The van der Waals surface area contributed by atoms with Crippen molar-refractivity contribution in [2.75, 3.05) is 11.5 Å². The molecule has 0 unspecified atom stereocenters. The molecule has 1 rings (SSSR count). The fourth-order valence-corrected chi connectivity index (χ4v) is 1.05. The molecule has 0 aliphatic heterocycles. The molecular formula is C9H11ClN6O. The quantitative estimate of drug-likeness (QED) is 0.682. The second-order valence-electron chi connectivity index (χ2n) is 2.83. The molecule has 0 fully saturated rings. The molecule has 0 saturated carbocycles. The Morgan fingerprint density at radius 1 is 1.41 bits per heavy atom. The summed E-state index contributed by atoms with van der Waals surface area (Å²) in [7, 11) is 0. The molecule has 0 aliphatic carbocycles. The molecule has 0 aliphatic rings. The van der Waals surface area contributed by atoms with Gasteiger partial charge in [0.1, 0.15) is 0 Å². The Morgan fingerprint density at radius 2 is 2.12 bits per heavy atom. The summed E-state index contributed by atoms with van der Waals surface area (Å²) in [4.78, 5) is 22.8. The van der Waals surface area contributed by atoms with Crippen molar-refractivity contribution in [3.63, 3.8) is 0 Å². The van der Waals surface area contributed by atoms with Crippen LogP contribution in [0.2, 0.25) is 5.15 Å². The van der Waals surface area contributed by atoms with Crippen molar-refractivity contribution in [3.8, 4) is 0 Å². The molecule has 1 heterocycles. The van der Waals surface area contributed by atoms with Crippen LogP contribution in [0.25, 0.3) is 0 Å². The molecule has 90 valence electrons. The predicted octanol–water partition coefficient (Wildman–Crippen LogP) is 0.586. The van der Waals surface area contributed by atoms with Gasteiger partial charge in [0.05, 0.1) is 0 Å². The summed E-state index contributed by atoms with van der Waals surface area (Å²) >= 11 is 5.64. The summed E-state index contributed by atoms with van der Waals surface area (Å²) in [6, 6.07) is 0. The summed E-state index contributed by atoms with van der Waals surface area (Å²) in [5.41, 5.74) is 10.8. The van der Waals surface area contributed by atoms with E-state index < -0.39 is 5.91 Å². The Labute approximate surface area is 103 Å². The van der Waals surface area contributed by atoms with E-state index in [4.69, 9.17) is 23.1 Å². The normalized spacial score (nSPS) is 11.2. The van der Waals surface area contributed by atoms with Crippen LogP contribution in [0.15, 0.2) is 17.4 Å². The zero-order chi connectivity index (χ0) is 12.8. The lowest BCUT2D eigenvalue weighted by Gasteiger charge is -2.04. The number of carbonyl (C=O) groups is 1. The molecule has 8 heteroatoms. The number of nitrogen functional groups attached to an aromatic ring is 2. The lowest BCUT2D eigenvalue weighted by molar-refractivity contribution is 0.0966. The maximum Gasteiger partial charge on any atom is 0.277 e. The average Bonchev–Trinajstić information content (AvgIpc) is 2.29. The van der Waals surface area contributed by atoms with Crippen molar-refractivity contribution in [1.29, 1.82) is 0 Å². The number of nitrogens with one attached hydrogen (secondary N) is 1. The molecule has 0 aromatic carbocycles. The van der Waals surface area contributed by atoms with E-state index in [1.807, 2.05) is 0 Å². The Balaban J connectivity index is 2.86. The zero-order valence-electron chi connectivity index (χ0n) is 9.01. The van der Waals surface area contributed by atoms with Crippen LogP contribution in [0.1, 0.15) is 17.4 Å². The highest BCUT2D eigenvalue weighted by atomic mass is 35.5. The molecule has 0 saturated heterocycles. The van der Waals surface area contributed by atoms with Crippen LogP contribution in [-0.4, -0.2) is 22.1 Å². The van der Waals surface area contributed by atoms with Gasteiger partial charge in [-0.3, -0.25) is 9.79 Å². The van der Waals surface area contributed by atoms with E-state index in [2.05, 4.69) is 20.3 Å². The molecule has 17 heavy (non-hydrogen) atoms. The van der Waals surface area contributed by atoms with Crippen LogP contribution in [0, 0.1) is 0 Å². The van der Waals surface area contributed by atoms with Crippen molar-refractivity contribution in [2.45, 2.75) is 6.92 Å². The fourth-order valence-electron chi connectivity index (χ4n) is 0.919. The second-order valence-corrected chi connectivity index (χ2v) is 3.19. The Kier molecular flexibility index (Phi) is 4.41. The summed E-state index contributed by atoms with van der Waals surface area (Å²) in [5.74, 6) is -0.650. The number of anilines is 2. The summed E-state index contributed by atoms with van der Waals surface area (Å²) in [5, 5.41) is 2.34. The minimum absolute atomic E-state index is 0.0214. The SMILES string of the molecule is CC=N/C=C\NC(=O)c1nc(Cl)c(N)nc1N. The van der Waals surface area contributed by atoms with Gasteiger partial charge in [0, 0.05) is 18.6 Å². The van der Waals surface area contributed by atoms with Crippen LogP contribution >= 0.6 is 11.6 Å². The van der Waals surface area contributed by atoms with Crippen LogP contribution in [0.3, 0.4) is 0 Å². The van der Waals surface area contributed by atoms with Gasteiger partial charge in [-0.2, -0.15) is 0 Å². The lowest BCUT2D eigenvalue weighted by Crippen LogP contribution is -2.21. The van der Waals surface area contributed by atoms with Gasteiger partial charge < -0.3 is 16.8 Å². The Bertz CT molecular complexity index is 485. The van der Waals surface area contributed by atoms with E-state index in [0.29, 0.717) is 0 Å². The number of nitrogens with zero attached hydrogens (tertiary/aromatic N) is 3. The van der Waals surface area contributed by atoms with Crippen LogP contribution in [0.4, 0.5) is 11.6 Å². The standard InChI is InChI=1S/C9H11ClN6O/c1-2-13-3-4-14-9(17)5-7(11)16-8(12)6(10)15-5/h2-4H,1H3,(H,14,17)(H4,11,12,16)/b4-3-,13-2?. The van der Waals surface area contributed by atoms with Crippen molar-refractivity contribution in [2.24, 2.45) is 4.99 Å². The molecule has 0 bridgehead atoms.